The number of benzene rings is 1. The molecular weight excluding hydrogens is 264 g/mol. The number of ether oxygens (including phenoxy) is 1. The van der Waals surface area contributed by atoms with Crippen molar-refractivity contribution in [2.45, 2.75) is 44.8 Å². The van der Waals surface area contributed by atoms with E-state index in [0.29, 0.717) is 23.9 Å². The van der Waals surface area contributed by atoms with Crippen LogP contribution in [0.4, 0.5) is 0 Å². The van der Waals surface area contributed by atoms with Crippen LogP contribution in [-0.2, 0) is 0 Å². The highest BCUT2D eigenvalue weighted by molar-refractivity contribution is 5.34. The molecule has 4 nitrogen and oxygen atoms in total. The number of nitrogens with zero attached hydrogens (tertiary/aromatic N) is 2. The van der Waals surface area contributed by atoms with E-state index in [4.69, 9.17) is 10.00 Å². The second kappa shape index (κ2) is 8.02. The standard InChI is InChI=1S/C17H24N2O2/c1-2-19(15-5-3-4-6-15)12-16(20)13-21-17-9-7-14(11-18)8-10-17/h7-10,15-16,20H,2-6,12-13H2,1H3. The van der Waals surface area contributed by atoms with Gasteiger partial charge in [-0.3, -0.25) is 4.90 Å². The molecule has 1 aromatic carbocycles. The molecule has 0 amide bonds. The first-order chi connectivity index (χ1) is 10.2. The molecule has 4 heteroatoms. The summed E-state index contributed by atoms with van der Waals surface area (Å²) in [4.78, 5) is 2.36. The van der Waals surface area contributed by atoms with Gasteiger partial charge in [-0.1, -0.05) is 19.8 Å². The van der Waals surface area contributed by atoms with Crippen LogP contribution < -0.4 is 4.74 Å². The minimum Gasteiger partial charge on any atom is -0.491 e. The third-order valence-electron chi connectivity index (χ3n) is 4.12. The molecule has 1 fully saturated rings. The normalized spacial score (nSPS) is 16.9. The summed E-state index contributed by atoms with van der Waals surface area (Å²) in [5, 5.41) is 18.9. The predicted octanol–water partition coefficient (Wildman–Crippen LogP) is 2.56. The van der Waals surface area contributed by atoms with Crippen molar-refractivity contribution in [3.8, 4) is 11.8 Å². The Labute approximate surface area is 127 Å². The maximum absolute atomic E-state index is 10.2. The quantitative estimate of drug-likeness (QED) is 0.838. The van der Waals surface area contributed by atoms with Crippen LogP contribution >= 0.6 is 0 Å². The van der Waals surface area contributed by atoms with Gasteiger partial charge in [0.1, 0.15) is 18.5 Å². The second-order valence-corrected chi connectivity index (χ2v) is 5.63. The van der Waals surface area contributed by atoms with Crippen LogP contribution in [-0.4, -0.2) is 41.8 Å². The van der Waals surface area contributed by atoms with E-state index in [1.54, 1.807) is 24.3 Å². The molecule has 0 bridgehead atoms. The van der Waals surface area contributed by atoms with E-state index >= 15 is 0 Å². The number of hydrogen-bond acceptors (Lipinski definition) is 4. The van der Waals surface area contributed by atoms with E-state index in [1.165, 1.54) is 25.7 Å². The van der Waals surface area contributed by atoms with Gasteiger partial charge >= 0.3 is 0 Å². The maximum Gasteiger partial charge on any atom is 0.119 e. The van der Waals surface area contributed by atoms with Crippen molar-refractivity contribution in [2.24, 2.45) is 0 Å². The van der Waals surface area contributed by atoms with Crippen LogP contribution in [0, 0.1) is 11.3 Å². The summed E-state index contributed by atoms with van der Waals surface area (Å²) < 4.78 is 5.59. The zero-order chi connectivity index (χ0) is 15.1. The molecule has 0 spiro atoms. The lowest BCUT2D eigenvalue weighted by Gasteiger charge is -2.29. The smallest absolute Gasteiger partial charge is 0.119 e. The van der Waals surface area contributed by atoms with Gasteiger partial charge in [-0.2, -0.15) is 5.26 Å². The van der Waals surface area contributed by atoms with Crippen molar-refractivity contribution in [1.29, 1.82) is 5.26 Å². The lowest BCUT2D eigenvalue weighted by atomic mass is 10.2. The van der Waals surface area contributed by atoms with Crippen molar-refractivity contribution >= 4 is 0 Å². The molecule has 1 aromatic rings. The zero-order valence-corrected chi connectivity index (χ0v) is 12.7. The van der Waals surface area contributed by atoms with Gasteiger partial charge in [0.2, 0.25) is 0 Å². The lowest BCUT2D eigenvalue weighted by molar-refractivity contribution is 0.0551. The molecule has 1 unspecified atom stereocenters. The Balaban J connectivity index is 1.77. The number of aliphatic hydroxyl groups excluding tert-OH is 1. The molecule has 0 aromatic heterocycles. The maximum atomic E-state index is 10.2. The second-order valence-electron chi connectivity index (χ2n) is 5.63. The van der Waals surface area contributed by atoms with Crippen LogP contribution in [0.2, 0.25) is 0 Å². The molecule has 1 atom stereocenters. The highest BCUT2D eigenvalue weighted by atomic mass is 16.5. The van der Waals surface area contributed by atoms with E-state index < -0.39 is 6.10 Å². The van der Waals surface area contributed by atoms with Crippen molar-refractivity contribution in [3.05, 3.63) is 29.8 Å². The summed E-state index contributed by atoms with van der Waals surface area (Å²) in [6.07, 6.45) is 4.62. The summed E-state index contributed by atoms with van der Waals surface area (Å²) >= 11 is 0. The molecule has 0 radical (unpaired) electrons. The Morgan fingerprint density at radius 3 is 2.57 bits per heavy atom. The Bertz CT molecular complexity index is 461. The number of likely N-dealkylation sites (N-methyl/N-ethyl adjacent to an activating group) is 1. The highest BCUT2D eigenvalue weighted by Gasteiger charge is 2.23. The molecule has 1 N–H and O–H groups in total. The summed E-state index contributed by atoms with van der Waals surface area (Å²) in [5.74, 6) is 0.692. The monoisotopic (exact) mass is 288 g/mol. The first kappa shape index (κ1) is 15.8. The van der Waals surface area contributed by atoms with Gasteiger partial charge < -0.3 is 9.84 Å². The van der Waals surface area contributed by atoms with E-state index in [0.717, 1.165) is 6.54 Å². The predicted molar refractivity (Wildman–Crippen MR) is 82.2 cm³/mol. The van der Waals surface area contributed by atoms with Gasteiger partial charge in [-0.25, -0.2) is 0 Å². The van der Waals surface area contributed by atoms with Crippen molar-refractivity contribution < 1.29 is 9.84 Å². The van der Waals surface area contributed by atoms with Gasteiger partial charge in [-0.05, 0) is 43.7 Å². The van der Waals surface area contributed by atoms with E-state index in [2.05, 4.69) is 17.9 Å². The fourth-order valence-corrected chi connectivity index (χ4v) is 2.95. The van der Waals surface area contributed by atoms with Gasteiger partial charge in [-0.15, -0.1) is 0 Å². The average molecular weight is 288 g/mol. The molecule has 2 rings (SSSR count). The first-order valence-electron chi connectivity index (χ1n) is 7.78. The van der Waals surface area contributed by atoms with Crippen LogP contribution in [0.3, 0.4) is 0 Å². The topological polar surface area (TPSA) is 56.5 Å². The molecule has 0 saturated heterocycles. The van der Waals surface area contributed by atoms with E-state index in [9.17, 15) is 5.11 Å². The Hall–Kier alpha value is -1.57. The largest absolute Gasteiger partial charge is 0.491 e. The lowest BCUT2D eigenvalue weighted by Crippen LogP contribution is -2.41. The van der Waals surface area contributed by atoms with Crippen molar-refractivity contribution in [2.75, 3.05) is 19.7 Å². The molecule has 1 aliphatic rings. The Morgan fingerprint density at radius 1 is 1.33 bits per heavy atom. The Morgan fingerprint density at radius 2 is 2.00 bits per heavy atom. The molecule has 0 heterocycles. The van der Waals surface area contributed by atoms with E-state index in [1.807, 2.05) is 0 Å². The molecule has 1 saturated carbocycles. The summed E-state index contributed by atoms with van der Waals surface area (Å²) in [6.45, 7) is 4.07. The molecule has 114 valence electrons. The van der Waals surface area contributed by atoms with Crippen molar-refractivity contribution in [3.63, 3.8) is 0 Å². The fourth-order valence-electron chi connectivity index (χ4n) is 2.95. The number of hydrogen-bond donors (Lipinski definition) is 1. The third kappa shape index (κ3) is 4.73. The molecule has 0 aliphatic heterocycles. The number of nitriles is 1. The first-order valence-corrected chi connectivity index (χ1v) is 7.78. The van der Waals surface area contributed by atoms with Gasteiger partial charge in [0.05, 0.1) is 11.6 Å². The SMILES string of the molecule is CCN(CC(O)COc1ccc(C#N)cc1)C1CCCC1. The summed E-state index contributed by atoms with van der Waals surface area (Å²) in [5.41, 5.74) is 0.612. The third-order valence-corrected chi connectivity index (χ3v) is 4.12. The van der Waals surface area contributed by atoms with Crippen LogP contribution in [0.25, 0.3) is 0 Å². The zero-order valence-electron chi connectivity index (χ0n) is 12.7. The molecule has 21 heavy (non-hydrogen) atoms. The van der Waals surface area contributed by atoms with Gasteiger partial charge in [0.15, 0.2) is 0 Å². The summed E-state index contributed by atoms with van der Waals surface area (Å²) in [6, 6.07) is 9.67. The summed E-state index contributed by atoms with van der Waals surface area (Å²) in [7, 11) is 0. The number of aliphatic hydroxyl groups is 1. The van der Waals surface area contributed by atoms with Crippen LogP contribution in [0.5, 0.6) is 5.75 Å². The average Bonchev–Trinajstić information content (AvgIpc) is 3.05. The van der Waals surface area contributed by atoms with Crippen molar-refractivity contribution in [1.82, 2.24) is 4.90 Å². The van der Waals surface area contributed by atoms with Gasteiger partial charge in [0.25, 0.3) is 0 Å². The van der Waals surface area contributed by atoms with E-state index in [-0.39, 0.29) is 6.61 Å². The minimum absolute atomic E-state index is 0.287. The van der Waals surface area contributed by atoms with Crippen LogP contribution in [0.15, 0.2) is 24.3 Å². The van der Waals surface area contributed by atoms with Crippen LogP contribution in [0.1, 0.15) is 38.2 Å². The Kier molecular flexibility index (Phi) is 6.04. The molecule has 1 aliphatic carbocycles. The fraction of sp³-hybridized carbons (Fsp3) is 0.588. The highest BCUT2D eigenvalue weighted by Crippen LogP contribution is 2.23. The molecular formula is C17H24N2O2. The number of rotatable bonds is 7. The van der Waals surface area contributed by atoms with Gasteiger partial charge in [0, 0.05) is 12.6 Å². The minimum atomic E-state index is -0.485.